The number of thiazole rings is 1. The Labute approximate surface area is 184 Å². The number of methoxy groups -OCH3 is 1. The number of hydrogen-bond acceptors (Lipinski definition) is 6. The van der Waals surface area contributed by atoms with Crippen LogP contribution >= 0.6 is 22.7 Å². The molecule has 154 valence electrons. The number of nitrogens with zero attached hydrogens (tertiary/aromatic N) is 2. The number of para-hydroxylation sites is 1. The zero-order valence-electron chi connectivity index (χ0n) is 17.1. The number of nitrogens with one attached hydrogen (secondary N) is 1. The van der Waals surface area contributed by atoms with Crippen LogP contribution < -0.4 is 10.1 Å². The van der Waals surface area contributed by atoms with Crippen LogP contribution in [0, 0.1) is 0 Å². The number of carbonyl (C=O) groups excluding carboxylic acids is 1. The lowest BCUT2D eigenvalue weighted by Gasteiger charge is -2.25. The van der Waals surface area contributed by atoms with Gasteiger partial charge in [-0.25, -0.2) is 4.98 Å². The molecule has 4 rings (SSSR count). The van der Waals surface area contributed by atoms with Gasteiger partial charge in [0.1, 0.15) is 10.8 Å². The monoisotopic (exact) mass is 437 g/mol. The molecule has 2 aromatic carbocycles. The van der Waals surface area contributed by atoms with E-state index in [1.54, 1.807) is 18.4 Å². The standard InChI is InChI=1S/C23H23N3O2S2/c1-26(2)18(15-8-10-16(28-3)11-9-15)14-24-22(27)20-12-13-21(29-20)23-25-17-6-4-5-7-19(17)30-23/h4-13,18H,14H2,1-3H3,(H,24,27). The summed E-state index contributed by atoms with van der Waals surface area (Å²) in [5.74, 6) is 0.758. The van der Waals surface area contributed by atoms with Crippen molar-refractivity contribution in [2.24, 2.45) is 0 Å². The van der Waals surface area contributed by atoms with Gasteiger partial charge in [0, 0.05) is 6.54 Å². The number of amides is 1. The number of ether oxygens (including phenoxy) is 1. The molecule has 0 aliphatic heterocycles. The largest absolute Gasteiger partial charge is 0.497 e. The van der Waals surface area contributed by atoms with Crippen LogP contribution in [0.1, 0.15) is 21.3 Å². The van der Waals surface area contributed by atoms with Crippen LogP contribution in [0.5, 0.6) is 5.75 Å². The van der Waals surface area contributed by atoms with Gasteiger partial charge in [0.15, 0.2) is 0 Å². The second kappa shape index (κ2) is 8.95. The molecule has 0 aliphatic rings. The third kappa shape index (κ3) is 4.38. The summed E-state index contributed by atoms with van der Waals surface area (Å²) in [5, 5.41) is 4.03. The van der Waals surface area contributed by atoms with Crippen LogP contribution in [0.2, 0.25) is 0 Å². The number of carbonyl (C=O) groups is 1. The van der Waals surface area contributed by atoms with Crippen molar-refractivity contribution in [3.8, 4) is 15.6 Å². The highest BCUT2D eigenvalue weighted by Gasteiger charge is 2.18. The summed E-state index contributed by atoms with van der Waals surface area (Å²) >= 11 is 3.12. The van der Waals surface area contributed by atoms with E-state index in [2.05, 4.69) is 21.3 Å². The van der Waals surface area contributed by atoms with E-state index in [0.717, 1.165) is 31.4 Å². The lowest BCUT2D eigenvalue weighted by atomic mass is 10.1. The predicted octanol–water partition coefficient (Wildman–Crippen LogP) is 5.07. The summed E-state index contributed by atoms with van der Waals surface area (Å²) < 4.78 is 6.39. The maximum absolute atomic E-state index is 12.8. The molecule has 2 heterocycles. The predicted molar refractivity (Wildman–Crippen MR) is 125 cm³/mol. The molecule has 1 unspecified atom stereocenters. The van der Waals surface area contributed by atoms with Gasteiger partial charge in [-0.15, -0.1) is 22.7 Å². The van der Waals surface area contributed by atoms with Crippen molar-refractivity contribution in [2.75, 3.05) is 27.7 Å². The molecular weight excluding hydrogens is 414 g/mol. The molecule has 1 atom stereocenters. The number of aromatic nitrogens is 1. The molecule has 1 N–H and O–H groups in total. The molecule has 0 saturated carbocycles. The lowest BCUT2D eigenvalue weighted by Crippen LogP contribution is -2.34. The zero-order valence-corrected chi connectivity index (χ0v) is 18.7. The Bertz CT molecular complexity index is 1120. The van der Waals surface area contributed by atoms with Gasteiger partial charge in [-0.1, -0.05) is 24.3 Å². The van der Waals surface area contributed by atoms with Crippen LogP contribution in [0.3, 0.4) is 0 Å². The third-order valence-electron chi connectivity index (χ3n) is 4.91. The molecule has 0 fully saturated rings. The van der Waals surface area contributed by atoms with Crippen molar-refractivity contribution in [2.45, 2.75) is 6.04 Å². The smallest absolute Gasteiger partial charge is 0.261 e. The first-order valence-corrected chi connectivity index (χ1v) is 11.2. The zero-order chi connectivity index (χ0) is 21.1. The summed E-state index contributed by atoms with van der Waals surface area (Å²) in [6.07, 6.45) is 0. The van der Waals surface area contributed by atoms with E-state index in [1.807, 2.05) is 68.7 Å². The minimum absolute atomic E-state index is 0.0623. The minimum Gasteiger partial charge on any atom is -0.497 e. The number of hydrogen-bond donors (Lipinski definition) is 1. The molecule has 5 nitrogen and oxygen atoms in total. The topological polar surface area (TPSA) is 54.5 Å². The summed E-state index contributed by atoms with van der Waals surface area (Å²) in [5.41, 5.74) is 2.12. The van der Waals surface area contributed by atoms with E-state index in [1.165, 1.54) is 11.3 Å². The van der Waals surface area contributed by atoms with E-state index in [-0.39, 0.29) is 11.9 Å². The lowest BCUT2D eigenvalue weighted by molar-refractivity contribution is 0.0946. The Hall–Kier alpha value is -2.74. The quantitative estimate of drug-likeness (QED) is 0.439. The van der Waals surface area contributed by atoms with Crippen molar-refractivity contribution in [3.63, 3.8) is 0 Å². The summed E-state index contributed by atoms with van der Waals surface area (Å²) in [4.78, 5) is 21.3. The Morgan fingerprint density at radius 3 is 2.53 bits per heavy atom. The van der Waals surface area contributed by atoms with Crippen molar-refractivity contribution in [1.29, 1.82) is 0 Å². The fourth-order valence-corrected chi connectivity index (χ4v) is 5.20. The van der Waals surface area contributed by atoms with Crippen molar-refractivity contribution in [3.05, 3.63) is 71.1 Å². The van der Waals surface area contributed by atoms with Crippen LogP contribution in [0.25, 0.3) is 20.1 Å². The average Bonchev–Trinajstić information content (AvgIpc) is 3.41. The molecule has 0 bridgehead atoms. The van der Waals surface area contributed by atoms with Crippen LogP contribution in [0.15, 0.2) is 60.7 Å². The summed E-state index contributed by atoms with van der Waals surface area (Å²) in [6, 6.07) is 20.0. The van der Waals surface area contributed by atoms with Gasteiger partial charge >= 0.3 is 0 Å². The molecule has 0 radical (unpaired) electrons. The van der Waals surface area contributed by atoms with E-state index >= 15 is 0 Å². The first kappa shape index (κ1) is 20.5. The Morgan fingerprint density at radius 2 is 1.83 bits per heavy atom. The summed E-state index contributed by atoms with van der Waals surface area (Å²) in [6.45, 7) is 0.520. The molecule has 0 aliphatic carbocycles. The maximum Gasteiger partial charge on any atom is 0.261 e. The van der Waals surface area contributed by atoms with Crippen molar-refractivity contribution in [1.82, 2.24) is 15.2 Å². The fraction of sp³-hybridized carbons (Fsp3) is 0.217. The van der Waals surface area contributed by atoms with Gasteiger partial charge in [0.25, 0.3) is 5.91 Å². The number of likely N-dealkylation sites (N-methyl/N-ethyl adjacent to an activating group) is 1. The normalized spacial score (nSPS) is 12.3. The summed E-state index contributed by atoms with van der Waals surface area (Å²) in [7, 11) is 5.68. The third-order valence-corrected chi connectivity index (χ3v) is 7.20. The Kier molecular flexibility index (Phi) is 6.13. The number of benzene rings is 2. The van der Waals surface area contributed by atoms with E-state index < -0.39 is 0 Å². The van der Waals surface area contributed by atoms with Crippen LogP contribution in [-0.2, 0) is 0 Å². The Balaban J connectivity index is 1.45. The van der Waals surface area contributed by atoms with Crippen molar-refractivity contribution >= 4 is 38.8 Å². The van der Waals surface area contributed by atoms with Crippen LogP contribution in [0.4, 0.5) is 0 Å². The van der Waals surface area contributed by atoms with Gasteiger partial charge in [0.2, 0.25) is 0 Å². The average molecular weight is 438 g/mol. The van der Waals surface area contributed by atoms with Gasteiger partial charge in [-0.2, -0.15) is 0 Å². The molecule has 2 aromatic heterocycles. The fourth-order valence-electron chi connectivity index (χ4n) is 3.25. The highest BCUT2D eigenvalue weighted by atomic mass is 32.1. The van der Waals surface area contributed by atoms with Gasteiger partial charge in [-0.05, 0) is 56.1 Å². The van der Waals surface area contributed by atoms with Gasteiger partial charge in [0.05, 0.1) is 33.1 Å². The minimum atomic E-state index is -0.0623. The Morgan fingerprint density at radius 1 is 1.07 bits per heavy atom. The first-order chi connectivity index (χ1) is 14.5. The van der Waals surface area contributed by atoms with Crippen molar-refractivity contribution < 1.29 is 9.53 Å². The molecular formula is C23H23N3O2S2. The number of rotatable bonds is 7. The molecule has 7 heteroatoms. The highest BCUT2D eigenvalue weighted by molar-refractivity contribution is 7.26. The number of fused-ring (bicyclic) bond motifs is 1. The molecule has 0 spiro atoms. The van der Waals surface area contributed by atoms with E-state index in [9.17, 15) is 4.79 Å². The van der Waals surface area contributed by atoms with E-state index in [4.69, 9.17) is 4.74 Å². The van der Waals surface area contributed by atoms with E-state index in [0.29, 0.717) is 11.4 Å². The molecule has 30 heavy (non-hydrogen) atoms. The van der Waals surface area contributed by atoms with Gasteiger partial charge in [-0.3, -0.25) is 4.79 Å². The first-order valence-electron chi connectivity index (χ1n) is 9.59. The van der Waals surface area contributed by atoms with Crippen LogP contribution in [-0.4, -0.2) is 43.5 Å². The van der Waals surface area contributed by atoms with Gasteiger partial charge < -0.3 is 15.0 Å². The highest BCUT2D eigenvalue weighted by Crippen LogP contribution is 2.34. The molecule has 1 amide bonds. The maximum atomic E-state index is 12.8. The second-order valence-electron chi connectivity index (χ2n) is 7.11. The molecule has 4 aromatic rings. The number of thiophene rings is 1. The SMILES string of the molecule is COc1ccc(C(CNC(=O)c2ccc(-c3nc4ccccc4s3)s2)N(C)C)cc1. The molecule has 0 saturated heterocycles. The second-order valence-corrected chi connectivity index (χ2v) is 9.23.